The summed E-state index contributed by atoms with van der Waals surface area (Å²) < 4.78 is 5.55. The number of ether oxygens (including phenoxy) is 1. The van der Waals surface area contributed by atoms with E-state index in [1.54, 1.807) is 24.3 Å². The lowest BCUT2D eigenvalue weighted by Crippen LogP contribution is -2.38. The van der Waals surface area contributed by atoms with Crippen molar-refractivity contribution in [3.05, 3.63) is 40.9 Å². The molecule has 1 amide bonds. The van der Waals surface area contributed by atoms with Crippen LogP contribution in [0, 0.1) is 0 Å². The van der Waals surface area contributed by atoms with Gasteiger partial charge in [-0.05, 0) is 44.5 Å². The molecule has 0 aromatic heterocycles. The number of allylic oxidation sites excluding steroid dienone is 1. The summed E-state index contributed by atoms with van der Waals surface area (Å²) in [6.07, 6.45) is 3.24. The molecule has 2 rings (SSSR count). The molecule has 126 valence electrons. The summed E-state index contributed by atoms with van der Waals surface area (Å²) in [7, 11) is 0. The average molecular weight is 337 g/mol. The predicted octanol–water partition coefficient (Wildman–Crippen LogP) is 3.22. The molecule has 1 saturated heterocycles. The van der Waals surface area contributed by atoms with E-state index in [1.165, 1.54) is 5.57 Å². The monoisotopic (exact) mass is 336 g/mol. The zero-order valence-corrected chi connectivity index (χ0v) is 14.7. The first kappa shape index (κ1) is 17.8. The highest BCUT2D eigenvalue weighted by Crippen LogP contribution is 2.15. The number of hydrogen-bond acceptors (Lipinski definition) is 3. The Labute approximate surface area is 143 Å². The molecular formula is C18H25ClN2O2. The van der Waals surface area contributed by atoms with Crippen LogP contribution in [0.2, 0.25) is 5.02 Å². The van der Waals surface area contributed by atoms with Crippen molar-refractivity contribution in [1.29, 1.82) is 0 Å². The van der Waals surface area contributed by atoms with Crippen molar-refractivity contribution in [1.82, 2.24) is 9.80 Å². The van der Waals surface area contributed by atoms with Gasteiger partial charge in [0.2, 0.25) is 0 Å². The summed E-state index contributed by atoms with van der Waals surface area (Å²) in [4.78, 5) is 16.6. The van der Waals surface area contributed by atoms with Gasteiger partial charge in [0.15, 0.2) is 6.61 Å². The van der Waals surface area contributed by atoms with E-state index in [-0.39, 0.29) is 12.5 Å². The van der Waals surface area contributed by atoms with Crippen LogP contribution in [0.4, 0.5) is 0 Å². The first-order valence-corrected chi connectivity index (χ1v) is 8.44. The lowest BCUT2D eigenvalue weighted by Gasteiger charge is -2.21. The molecule has 0 radical (unpaired) electrons. The molecule has 0 saturated carbocycles. The molecular weight excluding hydrogens is 312 g/mol. The van der Waals surface area contributed by atoms with Gasteiger partial charge in [-0.1, -0.05) is 23.3 Å². The van der Waals surface area contributed by atoms with Crippen LogP contribution in [0.15, 0.2) is 35.9 Å². The van der Waals surface area contributed by atoms with E-state index in [2.05, 4.69) is 24.8 Å². The maximum Gasteiger partial charge on any atom is 0.260 e. The van der Waals surface area contributed by atoms with Crippen LogP contribution in [0.3, 0.4) is 0 Å². The molecule has 0 spiro atoms. The Bertz CT molecular complexity index is 538. The number of amides is 1. The van der Waals surface area contributed by atoms with Crippen molar-refractivity contribution in [3.63, 3.8) is 0 Å². The Balaban J connectivity index is 1.78. The lowest BCUT2D eigenvalue weighted by molar-refractivity contribution is -0.133. The van der Waals surface area contributed by atoms with Crippen LogP contribution in [0.5, 0.6) is 5.75 Å². The van der Waals surface area contributed by atoms with Gasteiger partial charge in [-0.3, -0.25) is 9.69 Å². The number of carbonyl (C=O) groups excluding carboxylic acids is 1. The van der Waals surface area contributed by atoms with E-state index in [9.17, 15) is 4.79 Å². The molecule has 1 aliphatic heterocycles. The first-order chi connectivity index (χ1) is 11.0. The normalized spacial score (nSPS) is 15.9. The van der Waals surface area contributed by atoms with Crippen LogP contribution in [0.1, 0.15) is 20.3 Å². The third-order valence-electron chi connectivity index (χ3n) is 3.87. The summed E-state index contributed by atoms with van der Waals surface area (Å²) in [5.41, 5.74) is 1.33. The largest absolute Gasteiger partial charge is 0.484 e. The lowest BCUT2D eigenvalue weighted by atomic mass is 10.3. The third kappa shape index (κ3) is 6.24. The minimum Gasteiger partial charge on any atom is -0.484 e. The van der Waals surface area contributed by atoms with Gasteiger partial charge in [0, 0.05) is 37.7 Å². The average Bonchev–Trinajstić information content (AvgIpc) is 2.78. The van der Waals surface area contributed by atoms with Gasteiger partial charge in [0.05, 0.1) is 0 Å². The second kappa shape index (κ2) is 8.94. The molecule has 0 N–H and O–H groups in total. The molecule has 4 nitrogen and oxygen atoms in total. The van der Waals surface area contributed by atoms with Gasteiger partial charge in [0.1, 0.15) is 5.75 Å². The van der Waals surface area contributed by atoms with Crippen molar-refractivity contribution >= 4 is 17.5 Å². The summed E-state index contributed by atoms with van der Waals surface area (Å²) in [6.45, 7) is 8.78. The number of benzene rings is 1. The van der Waals surface area contributed by atoms with Gasteiger partial charge in [-0.25, -0.2) is 0 Å². The highest BCUT2D eigenvalue weighted by molar-refractivity contribution is 6.30. The second-order valence-electron chi connectivity index (χ2n) is 6.06. The van der Waals surface area contributed by atoms with E-state index in [0.29, 0.717) is 10.8 Å². The fourth-order valence-electron chi connectivity index (χ4n) is 2.48. The number of carbonyl (C=O) groups is 1. The first-order valence-electron chi connectivity index (χ1n) is 8.06. The van der Waals surface area contributed by atoms with Crippen LogP contribution in [-0.2, 0) is 4.79 Å². The minimum atomic E-state index is 0.0454. The summed E-state index contributed by atoms with van der Waals surface area (Å²) >= 11 is 5.83. The van der Waals surface area contributed by atoms with Gasteiger partial charge in [-0.2, -0.15) is 0 Å². The van der Waals surface area contributed by atoms with Gasteiger partial charge >= 0.3 is 0 Å². The Kier molecular flexibility index (Phi) is 6.93. The van der Waals surface area contributed by atoms with Crippen molar-refractivity contribution in [2.75, 3.05) is 39.3 Å². The molecule has 0 unspecified atom stereocenters. The van der Waals surface area contributed by atoms with E-state index in [0.717, 1.165) is 39.1 Å². The zero-order chi connectivity index (χ0) is 16.7. The predicted molar refractivity (Wildman–Crippen MR) is 94.0 cm³/mol. The van der Waals surface area contributed by atoms with Gasteiger partial charge in [-0.15, -0.1) is 0 Å². The molecule has 1 aliphatic rings. The zero-order valence-electron chi connectivity index (χ0n) is 13.9. The summed E-state index contributed by atoms with van der Waals surface area (Å²) in [6, 6.07) is 7.07. The standard InChI is InChI=1S/C18H25ClN2O2/c1-15(2)8-11-20-9-3-10-21(13-12-20)18(22)14-23-17-6-4-16(19)5-7-17/h4-8H,3,9-14H2,1-2H3. The minimum absolute atomic E-state index is 0.0454. The molecule has 1 aromatic carbocycles. The van der Waals surface area contributed by atoms with Gasteiger partial charge in [0.25, 0.3) is 5.91 Å². The molecule has 1 aromatic rings. The second-order valence-corrected chi connectivity index (χ2v) is 6.50. The Hall–Kier alpha value is -1.52. The molecule has 5 heteroatoms. The number of halogens is 1. The number of rotatable bonds is 5. The van der Waals surface area contributed by atoms with E-state index < -0.39 is 0 Å². The highest BCUT2D eigenvalue weighted by atomic mass is 35.5. The van der Waals surface area contributed by atoms with Crippen molar-refractivity contribution < 1.29 is 9.53 Å². The van der Waals surface area contributed by atoms with Crippen LogP contribution in [0.25, 0.3) is 0 Å². The highest BCUT2D eigenvalue weighted by Gasteiger charge is 2.18. The molecule has 1 heterocycles. The Morgan fingerprint density at radius 3 is 2.61 bits per heavy atom. The SMILES string of the molecule is CC(C)=CCN1CCCN(C(=O)COc2ccc(Cl)cc2)CC1. The Morgan fingerprint density at radius 1 is 1.17 bits per heavy atom. The van der Waals surface area contributed by atoms with Crippen LogP contribution >= 0.6 is 11.6 Å². The fourth-order valence-corrected chi connectivity index (χ4v) is 2.61. The molecule has 0 atom stereocenters. The quantitative estimate of drug-likeness (QED) is 0.774. The number of nitrogens with zero attached hydrogens (tertiary/aromatic N) is 2. The van der Waals surface area contributed by atoms with E-state index >= 15 is 0 Å². The van der Waals surface area contributed by atoms with Gasteiger partial charge < -0.3 is 9.64 Å². The molecule has 0 aliphatic carbocycles. The van der Waals surface area contributed by atoms with Crippen molar-refractivity contribution in [3.8, 4) is 5.75 Å². The molecule has 23 heavy (non-hydrogen) atoms. The topological polar surface area (TPSA) is 32.8 Å². The van der Waals surface area contributed by atoms with Crippen LogP contribution in [-0.4, -0.2) is 55.0 Å². The Morgan fingerprint density at radius 2 is 1.91 bits per heavy atom. The van der Waals surface area contributed by atoms with Crippen molar-refractivity contribution in [2.24, 2.45) is 0 Å². The maximum absolute atomic E-state index is 12.3. The molecule has 1 fully saturated rings. The molecule has 0 bridgehead atoms. The number of hydrogen-bond donors (Lipinski definition) is 0. The van der Waals surface area contributed by atoms with Crippen molar-refractivity contribution in [2.45, 2.75) is 20.3 Å². The summed E-state index contributed by atoms with van der Waals surface area (Å²) in [5, 5.41) is 0.660. The fraction of sp³-hybridized carbons (Fsp3) is 0.500. The third-order valence-corrected chi connectivity index (χ3v) is 4.13. The summed E-state index contributed by atoms with van der Waals surface area (Å²) in [5.74, 6) is 0.715. The van der Waals surface area contributed by atoms with E-state index in [1.807, 2.05) is 4.90 Å². The maximum atomic E-state index is 12.3. The van der Waals surface area contributed by atoms with E-state index in [4.69, 9.17) is 16.3 Å². The smallest absolute Gasteiger partial charge is 0.260 e. The van der Waals surface area contributed by atoms with Crippen LogP contribution < -0.4 is 4.74 Å².